The van der Waals surface area contributed by atoms with Crippen LogP contribution in [0.3, 0.4) is 0 Å². The first-order valence-electron chi connectivity index (χ1n) is 3.88. The molecular formula is C6H10NO7P. The quantitative estimate of drug-likeness (QED) is 0.331. The van der Waals surface area contributed by atoms with Gasteiger partial charge in [-0.15, -0.1) is 0 Å². The smallest absolute Gasteiger partial charge is 0.335 e. The zero-order chi connectivity index (χ0) is 12.0. The lowest BCUT2D eigenvalue weighted by Crippen LogP contribution is -2.37. The molecule has 1 aliphatic heterocycles. The van der Waals surface area contributed by atoms with Crippen molar-refractivity contribution in [2.75, 3.05) is 6.61 Å². The van der Waals surface area contributed by atoms with Gasteiger partial charge in [-0.05, 0) is 0 Å². The van der Waals surface area contributed by atoms with Crippen LogP contribution in [0.1, 0.15) is 0 Å². The number of carboxylic acids is 1. The first-order chi connectivity index (χ1) is 6.74. The van der Waals surface area contributed by atoms with Gasteiger partial charge in [-0.25, -0.2) is 4.79 Å². The van der Waals surface area contributed by atoms with Crippen molar-refractivity contribution in [1.29, 1.82) is 0 Å². The molecule has 4 unspecified atom stereocenters. The van der Waals surface area contributed by atoms with E-state index < -0.39 is 42.5 Å². The van der Waals surface area contributed by atoms with Crippen molar-refractivity contribution in [3.63, 3.8) is 0 Å². The van der Waals surface area contributed by atoms with E-state index in [4.69, 9.17) is 26.2 Å². The third-order valence-electron chi connectivity index (χ3n) is 2.35. The topological polar surface area (TPSA) is 158 Å². The molecule has 1 heterocycles. The van der Waals surface area contributed by atoms with E-state index in [1.165, 1.54) is 0 Å². The highest BCUT2D eigenvalue weighted by atomic mass is 31.2. The van der Waals surface area contributed by atoms with Gasteiger partial charge in [-0.3, -0.25) is 4.79 Å². The molecule has 0 spiro atoms. The molecule has 0 bridgehead atoms. The normalized spacial score (nSPS) is 40.9. The molecule has 86 valence electrons. The molecule has 15 heavy (non-hydrogen) atoms. The highest BCUT2D eigenvalue weighted by molar-refractivity contribution is 7.90. The maximum atomic E-state index is 11.7. The molecule has 0 aromatic rings. The van der Waals surface area contributed by atoms with Gasteiger partial charge >= 0.3 is 5.97 Å². The van der Waals surface area contributed by atoms with E-state index in [9.17, 15) is 14.2 Å². The second-order valence-corrected chi connectivity index (χ2v) is 6.18. The van der Waals surface area contributed by atoms with Crippen molar-refractivity contribution >= 4 is 18.6 Å². The average molecular weight is 239 g/mol. The van der Waals surface area contributed by atoms with E-state index in [1.807, 2.05) is 0 Å². The number of carbonyl (C=O) groups excluding carboxylic acids is 1. The Bertz CT molecular complexity index is 368. The van der Waals surface area contributed by atoms with Crippen molar-refractivity contribution in [2.45, 2.75) is 17.2 Å². The van der Waals surface area contributed by atoms with Gasteiger partial charge in [0.2, 0.25) is 17.9 Å². The summed E-state index contributed by atoms with van der Waals surface area (Å²) >= 11 is 0. The largest absolute Gasteiger partial charge is 0.479 e. The summed E-state index contributed by atoms with van der Waals surface area (Å²) in [6, 6.07) is 0. The number of carbonyl (C=O) groups is 2. The fourth-order valence-corrected chi connectivity index (χ4v) is 3.88. The number of aliphatic hydroxyl groups is 3. The summed E-state index contributed by atoms with van der Waals surface area (Å²) in [5.74, 6) is -3.78. The molecule has 1 fully saturated rings. The van der Waals surface area contributed by atoms with Crippen LogP contribution in [0.25, 0.3) is 0 Å². The fraction of sp³-hybridized carbons (Fsp3) is 0.667. The number of aliphatic carboxylic acids is 1. The standard InChI is InChI=1S/C6H10NO7P/c7-6(4(11)12)5(13)15(6,14)3(10)2(9)1-8/h2,5,8-9,13H,1,7H2,(H,11,12). The lowest BCUT2D eigenvalue weighted by Gasteiger charge is -2.06. The Morgan fingerprint density at radius 3 is 2.27 bits per heavy atom. The number of nitrogens with two attached hydrogens (primary N) is 1. The highest BCUT2D eigenvalue weighted by Crippen LogP contribution is 2.79. The molecule has 0 radical (unpaired) electrons. The molecule has 0 aliphatic carbocycles. The van der Waals surface area contributed by atoms with Crippen molar-refractivity contribution in [2.24, 2.45) is 5.73 Å². The number of hydrogen-bond donors (Lipinski definition) is 5. The molecule has 0 amide bonds. The lowest BCUT2D eigenvalue weighted by molar-refractivity contribution is -0.140. The Morgan fingerprint density at radius 2 is 2.00 bits per heavy atom. The van der Waals surface area contributed by atoms with Crippen molar-refractivity contribution in [1.82, 2.24) is 0 Å². The molecule has 6 N–H and O–H groups in total. The molecular weight excluding hydrogens is 229 g/mol. The van der Waals surface area contributed by atoms with Gasteiger partial charge in [0.25, 0.3) is 0 Å². The van der Waals surface area contributed by atoms with Gasteiger partial charge in [0.05, 0.1) is 6.61 Å². The SMILES string of the molecule is NC1(C(=O)O)C(O)P1(=O)C(=O)C(O)CO. The predicted octanol–water partition coefficient (Wildman–Crippen LogP) is -2.70. The van der Waals surface area contributed by atoms with E-state index in [2.05, 4.69) is 0 Å². The summed E-state index contributed by atoms with van der Waals surface area (Å²) in [6.45, 7) is -1.01. The summed E-state index contributed by atoms with van der Waals surface area (Å²) in [7, 11) is -4.26. The minimum Gasteiger partial charge on any atom is -0.479 e. The molecule has 4 atom stereocenters. The van der Waals surface area contributed by atoms with Gasteiger partial charge in [-0.2, -0.15) is 0 Å². The molecule has 1 rings (SSSR count). The molecule has 0 saturated carbocycles. The van der Waals surface area contributed by atoms with Gasteiger partial charge < -0.3 is 30.7 Å². The Balaban J connectivity index is 3.04. The van der Waals surface area contributed by atoms with Gasteiger partial charge in [0, 0.05) is 0 Å². The van der Waals surface area contributed by atoms with Crippen molar-refractivity contribution in [3.05, 3.63) is 0 Å². The van der Waals surface area contributed by atoms with E-state index in [1.54, 1.807) is 0 Å². The first kappa shape index (κ1) is 12.3. The second kappa shape index (κ2) is 3.36. The lowest BCUT2D eigenvalue weighted by atomic mass is 10.3. The number of aliphatic hydroxyl groups excluding tert-OH is 3. The minimum absolute atomic E-state index is 1.01. The summed E-state index contributed by atoms with van der Waals surface area (Å²) in [6.07, 6.45) is -1.99. The number of hydrogen-bond acceptors (Lipinski definition) is 7. The first-order valence-corrected chi connectivity index (χ1v) is 5.65. The van der Waals surface area contributed by atoms with E-state index >= 15 is 0 Å². The zero-order valence-corrected chi connectivity index (χ0v) is 8.29. The molecule has 9 heteroatoms. The second-order valence-electron chi connectivity index (χ2n) is 3.20. The summed E-state index contributed by atoms with van der Waals surface area (Å²) in [5.41, 5.74) is 3.66. The number of rotatable bonds is 4. The summed E-state index contributed by atoms with van der Waals surface area (Å²) in [5, 5.41) is 32.5. The fourth-order valence-electron chi connectivity index (χ4n) is 1.25. The zero-order valence-electron chi connectivity index (χ0n) is 7.40. The Labute approximate surface area is 83.7 Å². The predicted molar refractivity (Wildman–Crippen MR) is 46.3 cm³/mol. The highest BCUT2D eigenvalue weighted by Gasteiger charge is 2.82. The van der Waals surface area contributed by atoms with Crippen LogP contribution in [0.2, 0.25) is 0 Å². The minimum atomic E-state index is -4.26. The van der Waals surface area contributed by atoms with E-state index in [0.29, 0.717) is 0 Å². The Hall–Kier alpha value is -0.790. The van der Waals surface area contributed by atoms with Crippen LogP contribution < -0.4 is 5.73 Å². The van der Waals surface area contributed by atoms with Crippen LogP contribution in [-0.2, 0) is 14.2 Å². The monoisotopic (exact) mass is 239 g/mol. The summed E-state index contributed by atoms with van der Waals surface area (Å²) in [4.78, 5) is 21.8. The van der Waals surface area contributed by atoms with Gasteiger partial charge in [0.1, 0.15) is 6.10 Å². The van der Waals surface area contributed by atoms with Gasteiger partial charge in [-0.1, -0.05) is 0 Å². The Kier molecular flexibility index (Phi) is 2.75. The maximum absolute atomic E-state index is 11.7. The van der Waals surface area contributed by atoms with Gasteiger partial charge in [0.15, 0.2) is 5.85 Å². The molecule has 0 aromatic carbocycles. The van der Waals surface area contributed by atoms with Crippen molar-refractivity contribution < 1.29 is 34.6 Å². The van der Waals surface area contributed by atoms with Crippen LogP contribution in [0.15, 0.2) is 0 Å². The third kappa shape index (κ3) is 1.27. The summed E-state index contributed by atoms with van der Waals surface area (Å²) < 4.78 is 11.7. The van der Waals surface area contributed by atoms with E-state index in [0.717, 1.165) is 0 Å². The molecule has 1 saturated heterocycles. The van der Waals surface area contributed by atoms with Crippen LogP contribution >= 0.6 is 7.14 Å². The molecule has 8 nitrogen and oxygen atoms in total. The van der Waals surface area contributed by atoms with Crippen LogP contribution in [0.5, 0.6) is 0 Å². The number of carboxylic acid groups (broad SMARTS) is 1. The average Bonchev–Trinajstić information content (AvgIpc) is 2.65. The van der Waals surface area contributed by atoms with Crippen LogP contribution in [0.4, 0.5) is 0 Å². The van der Waals surface area contributed by atoms with E-state index in [-0.39, 0.29) is 0 Å². The Morgan fingerprint density at radius 1 is 1.53 bits per heavy atom. The maximum Gasteiger partial charge on any atom is 0.335 e. The molecule has 0 aromatic heterocycles. The molecule has 1 aliphatic rings. The van der Waals surface area contributed by atoms with Crippen LogP contribution in [-0.4, -0.2) is 55.8 Å². The van der Waals surface area contributed by atoms with Crippen LogP contribution in [0, 0.1) is 0 Å². The van der Waals surface area contributed by atoms with Crippen molar-refractivity contribution in [3.8, 4) is 0 Å². The third-order valence-corrected chi connectivity index (χ3v) is 5.65.